The topological polar surface area (TPSA) is 44.0 Å². The van der Waals surface area contributed by atoms with Gasteiger partial charge in [-0.3, -0.25) is 0 Å². The zero-order chi connectivity index (χ0) is 19.3. The van der Waals surface area contributed by atoms with Crippen LogP contribution in [0.25, 0.3) is 17.2 Å². The molecule has 3 heteroatoms. The molecule has 28 heavy (non-hydrogen) atoms. The van der Waals surface area contributed by atoms with Crippen molar-refractivity contribution in [3.63, 3.8) is 0 Å². The molecule has 4 aliphatic carbocycles. The number of nitriles is 1. The van der Waals surface area contributed by atoms with Crippen LogP contribution in [0, 0.1) is 29.1 Å². The molecular weight excluding hydrogens is 366 g/mol. The molecule has 6 rings (SSSR count). The fourth-order valence-electron chi connectivity index (χ4n) is 6.57. The van der Waals surface area contributed by atoms with Crippen molar-refractivity contribution < 1.29 is 5.11 Å². The van der Waals surface area contributed by atoms with E-state index < -0.39 is 0 Å². The summed E-state index contributed by atoms with van der Waals surface area (Å²) in [5, 5.41) is 20.2. The maximum Gasteiger partial charge on any atom is 0.119 e. The van der Waals surface area contributed by atoms with Gasteiger partial charge >= 0.3 is 0 Å². The van der Waals surface area contributed by atoms with E-state index in [-0.39, 0.29) is 5.41 Å². The monoisotopic (exact) mass is 389 g/mol. The summed E-state index contributed by atoms with van der Waals surface area (Å²) in [7, 11) is 0. The first-order chi connectivity index (χ1) is 13.6. The lowest BCUT2D eigenvalue weighted by Crippen LogP contribution is -2.48. The molecule has 0 amide bonds. The smallest absolute Gasteiger partial charge is 0.119 e. The Labute approximate surface area is 171 Å². The molecule has 4 saturated carbocycles. The van der Waals surface area contributed by atoms with Crippen LogP contribution in [0.1, 0.15) is 49.7 Å². The molecule has 0 spiro atoms. The van der Waals surface area contributed by atoms with Crippen LogP contribution in [0.5, 0.6) is 5.75 Å². The molecule has 2 aromatic rings. The summed E-state index contributed by atoms with van der Waals surface area (Å²) in [5.74, 6) is 2.95. The second kappa shape index (κ2) is 6.68. The Morgan fingerprint density at radius 2 is 1.68 bits per heavy atom. The van der Waals surface area contributed by atoms with Gasteiger partial charge < -0.3 is 5.11 Å². The van der Waals surface area contributed by atoms with Crippen LogP contribution in [-0.2, 0) is 5.41 Å². The molecule has 0 aromatic heterocycles. The highest BCUT2D eigenvalue weighted by Crippen LogP contribution is 2.62. The summed E-state index contributed by atoms with van der Waals surface area (Å²) in [6, 6.07) is 13.9. The van der Waals surface area contributed by atoms with E-state index in [1.807, 2.05) is 36.4 Å². The molecular formula is C25H24ClNO. The average molecular weight is 390 g/mol. The quantitative estimate of drug-likeness (QED) is 0.592. The highest BCUT2D eigenvalue weighted by atomic mass is 35.5. The molecule has 142 valence electrons. The third-order valence-corrected chi connectivity index (χ3v) is 7.57. The normalized spacial score (nSPS) is 30.6. The average Bonchev–Trinajstić information content (AvgIpc) is 2.66. The van der Waals surface area contributed by atoms with Crippen LogP contribution in [0.15, 0.2) is 42.5 Å². The third-order valence-electron chi connectivity index (χ3n) is 7.26. The highest BCUT2D eigenvalue weighted by molar-refractivity contribution is 6.33. The van der Waals surface area contributed by atoms with E-state index in [4.69, 9.17) is 16.9 Å². The van der Waals surface area contributed by atoms with Gasteiger partial charge in [-0.25, -0.2) is 0 Å². The number of phenols is 1. The molecule has 0 saturated heterocycles. The largest absolute Gasteiger partial charge is 0.508 e. The Balaban J connectivity index is 1.54. The third kappa shape index (κ3) is 2.93. The van der Waals surface area contributed by atoms with E-state index in [9.17, 15) is 5.11 Å². The van der Waals surface area contributed by atoms with Crippen molar-refractivity contribution in [1.82, 2.24) is 0 Å². The van der Waals surface area contributed by atoms with Crippen LogP contribution in [-0.4, -0.2) is 5.11 Å². The van der Waals surface area contributed by atoms with Crippen molar-refractivity contribution in [3.8, 4) is 22.9 Å². The molecule has 2 aromatic carbocycles. The number of aromatic hydroxyl groups is 1. The van der Waals surface area contributed by atoms with Gasteiger partial charge in [0.1, 0.15) is 5.75 Å². The molecule has 4 bridgehead atoms. The minimum atomic E-state index is 0.150. The zero-order valence-electron chi connectivity index (χ0n) is 15.9. The SMILES string of the molecule is N#C/C=C/c1ccc(-c2ccc(O)c(C34CC5CC(CC(C5)C3)C4)c2)c(Cl)c1. The van der Waals surface area contributed by atoms with Crippen LogP contribution in [0.4, 0.5) is 0 Å². The number of benzene rings is 2. The number of nitrogens with zero attached hydrogens (tertiary/aromatic N) is 1. The molecule has 2 nitrogen and oxygen atoms in total. The number of rotatable bonds is 3. The number of allylic oxidation sites excluding steroid dienone is 1. The van der Waals surface area contributed by atoms with Gasteiger partial charge in [-0.15, -0.1) is 0 Å². The van der Waals surface area contributed by atoms with Crippen molar-refractivity contribution >= 4 is 17.7 Å². The molecule has 1 N–H and O–H groups in total. The lowest BCUT2D eigenvalue weighted by Gasteiger charge is -2.57. The predicted molar refractivity (Wildman–Crippen MR) is 113 cm³/mol. The van der Waals surface area contributed by atoms with E-state index in [1.54, 1.807) is 6.08 Å². The summed E-state index contributed by atoms with van der Waals surface area (Å²) >= 11 is 6.57. The molecule has 0 radical (unpaired) electrons. The first-order valence-electron chi connectivity index (χ1n) is 10.3. The Morgan fingerprint density at radius 3 is 2.29 bits per heavy atom. The number of phenolic OH excluding ortho intramolecular Hbond substituents is 1. The van der Waals surface area contributed by atoms with Gasteiger partial charge in [0.05, 0.1) is 6.07 Å². The molecule has 0 atom stereocenters. The summed E-state index contributed by atoms with van der Waals surface area (Å²) in [4.78, 5) is 0. The molecule has 0 unspecified atom stereocenters. The molecule has 4 fully saturated rings. The lowest BCUT2D eigenvalue weighted by atomic mass is 9.48. The van der Waals surface area contributed by atoms with E-state index in [1.165, 1.54) is 44.6 Å². The van der Waals surface area contributed by atoms with E-state index in [0.29, 0.717) is 10.8 Å². The summed E-state index contributed by atoms with van der Waals surface area (Å²) in [6.07, 6.45) is 11.1. The number of hydrogen-bond acceptors (Lipinski definition) is 2. The van der Waals surface area contributed by atoms with Crippen molar-refractivity contribution in [2.45, 2.75) is 43.9 Å². The Kier molecular flexibility index (Phi) is 4.25. The Hall–Kier alpha value is -2.24. The Bertz CT molecular complexity index is 965. The minimum absolute atomic E-state index is 0.150. The second-order valence-corrected chi connectivity index (χ2v) is 9.54. The fourth-order valence-corrected chi connectivity index (χ4v) is 6.87. The first-order valence-corrected chi connectivity index (χ1v) is 10.6. The standard InChI is InChI=1S/C25H24ClNO/c26-23-11-16(2-1-7-27)3-5-21(23)20-4-6-24(28)22(12-20)25-13-17-8-18(14-25)10-19(9-17)15-25/h1-6,11-12,17-19,28H,8-10,13-15H2/b2-1+. The van der Waals surface area contributed by atoms with Gasteiger partial charge in [-0.2, -0.15) is 5.26 Å². The second-order valence-electron chi connectivity index (χ2n) is 9.13. The molecule has 4 aliphatic rings. The number of halogens is 1. The summed E-state index contributed by atoms with van der Waals surface area (Å²) in [5.41, 5.74) is 4.23. The van der Waals surface area contributed by atoms with Crippen LogP contribution in [0.3, 0.4) is 0 Å². The lowest BCUT2D eigenvalue weighted by molar-refractivity contribution is -0.00611. The Morgan fingerprint density at radius 1 is 1.00 bits per heavy atom. The van der Waals surface area contributed by atoms with Gasteiger partial charge in [0.2, 0.25) is 0 Å². The predicted octanol–water partition coefficient (Wildman–Crippen LogP) is 6.72. The van der Waals surface area contributed by atoms with Gasteiger partial charge in [0.25, 0.3) is 0 Å². The minimum Gasteiger partial charge on any atom is -0.508 e. The summed E-state index contributed by atoms with van der Waals surface area (Å²) < 4.78 is 0. The van der Waals surface area contributed by atoms with E-state index in [2.05, 4.69) is 6.07 Å². The maximum atomic E-state index is 10.8. The van der Waals surface area contributed by atoms with E-state index in [0.717, 1.165) is 40.0 Å². The fraction of sp³-hybridized carbons (Fsp3) is 0.400. The molecule has 0 aliphatic heterocycles. The first kappa shape index (κ1) is 17.8. The zero-order valence-corrected chi connectivity index (χ0v) is 16.6. The van der Waals surface area contributed by atoms with Crippen LogP contribution in [0.2, 0.25) is 5.02 Å². The number of hydrogen-bond donors (Lipinski definition) is 1. The van der Waals surface area contributed by atoms with Gasteiger partial charge in [0.15, 0.2) is 0 Å². The van der Waals surface area contributed by atoms with Gasteiger partial charge in [-0.1, -0.05) is 29.8 Å². The highest BCUT2D eigenvalue weighted by Gasteiger charge is 2.52. The van der Waals surface area contributed by atoms with Crippen molar-refractivity contribution in [1.29, 1.82) is 5.26 Å². The van der Waals surface area contributed by atoms with Crippen molar-refractivity contribution in [2.24, 2.45) is 17.8 Å². The van der Waals surface area contributed by atoms with Gasteiger partial charge in [-0.05, 0) is 97.1 Å². The van der Waals surface area contributed by atoms with Crippen molar-refractivity contribution in [3.05, 3.63) is 58.6 Å². The molecule has 0 heterocycles. The maximum absolute atomic E-state index is 10.8. The van der Waals surface area contributed by atoms with E-state index >= 15 is 0 Å². The van der Waals surface area contributed by atoms with Crippen LogP contribution >= 0.6 is 11.6 Å². The summed E-state index contributed by atoms with van der Waals surface area (Å²) in [6.45, 7) is 0. The van der Waals surface area contributed by atoms with Gasteiger partial charge in [0, 0.05) is 22.2 Å². The van der Waals surface area contributed by atoms with Crippen molar-refractivity contribution in [2.75, 3.05) is 0 Å². The van der Waals surface area contributed by atoms with Crippen LogP contribution < -0.4 is 0 Å².